The molecule has 0 fully saturated rings. The second kappa shape index (κ2) is 3.16. The van der Waals surface area contributed by atoms with Crippen LogP contribution in [0.2, 0.25) is 0 Å². The molecule has 2 unspecified atom stereocenters. The topological polar surface area (TPSA) is 0 Å². The first kappa shape index (κ1) is 12.7. The van der Waals surface area contributed by atoms with Crippen LogP contribution in [0.1, 0.15) is 13.8 Å². The van der Waals surface area contributed by atoms with E-state index in [1.807, 2.05) is 0 Å². The van der Waals surface area contributed by atoms with Crippen LogP contribution in [0.5, 0.6) is 0 Å². The molecule has 6 heteroatoms. The second-order valence-electron chi connectivity index (χ2n) is 3.77. The van der Waals surface area contributed by atoms with Crippen molar-refractivity contribution in [3.05, 3.63) is 21.2 Å². The van der Waals surface area contributed by atoms with Gasteiger partial charge in [0, 0.05) is 0 Å². The van der Waals surface area contributed by atoms with Gasteiger partial charge >= 0.3 is 0 Å². The van der Waals surface area contributed by atoms with Crippen LogP contribution in [0.15, 0.2) is 21.2 Å². The molecular weight excluding hydrogens is 321 g/mol. The van der Waals surface area contributed by atoms with Crippen LogP contribution in [-0.4, -0.2) is 14.1 Å². The largest absolute Gasteiger partial charge is 0.173 e. The van der Waals surface area contributed by atoms with Crippen molar-refractivity contribution in [2.24, 2.45) is 0 Å². The van der Waals surface area contributed by atoms with Crippen LogP contribution >= 0.6 is 69.6 Å². The summed E-state index contributed by atoms with van der Waals surface area (Å²) in [6.45, 7) is 3.61. The van der Waals surface area contributed by atoms with Gasteiger partial charge in [0.1, 0.15) is 9.75 Å². The summed E-state index contributed by atoms with van der Waals surface area (Å²) in [7, 11) is 0. The van der Waals surface area contributed by atoms with Crippen molar-refractivity contribution >= 4 is 69.6 Å². The maximum Gasteiger partial charge on any atom is 0.173 e. The van der Waals surface area contributed by atoms with Gasteiger partial charge in [0.05, 0.1) is 10.1 Å². The summed E-state index contributed by atoms with van der Waals surface area (Å²) in [5.74, 6) is 0. The summed E-state index contributed by atoms with van der Waals surface area (Å²) in [6, 6.07) is 0. The van der Waals surface area contributed by atoms with Gasteiger partial charge in [-0.1, -0.05) is 46.4 Å². The Kier molecular flexibility index (Phi) is 2.67. The van der Waals surface area contributed by atoms with Gasteiger partial charge in [-0.2, -0.15) is 0 Å². The Hall–Kier alpha value is 1.22. The molecule has 0 aromatic heterocycles. The first-order valence-corrected chi connectivity index (χ1v) is 6.40. The van der Waals surface area contributed by atoms with E-state index in [0.29, 0.717) is 0 Å². The Morgan fingerprint density at radius 2 is 1.00 bits per heavy atom. The molecule has 0 nitrogen and oxygen atoms in total. The highest BCUT2D eigenvalue weighted by atomic mass is 35.5. The fourth-order valence-corrected chi connectivity index (χ4v) is 5.02. The first-order valence-electron chi connectivity index (χ1n) is 4.13. The molecule has 2 atom stereocenters. The normalized spacial score (nSPS) is 43.2. The van der Waals surface area contributed by atoms with E-state index in [-0.39, 0.29) is 10.1 Å². The SMILES string of the molecule is CC1=C(C)C2(Cl)C(Cl)=C(Cl)C1(Cl)C2(Cl)Cl. The molecule has 0 amide bonds. The molecule has 0 spiro atoms. The van der Waals surface area contributed by atoms with Gasteiger partial charge in [0.2, 0.25) is 0 Å². The molecule has 0 heterocycles. The van der Waals surface area contributed by atoms with Crippen molar-refractivity contribution < 1.29 is 0 Å². The van der Waals surface area contributed by atoms with Crippen LogP contribution in [-0.2, 0) is 0 Å². The third-order valence-electron chi connectivity index (χ3n) is 3.26. The quantitative estimate of drug-likeness (QED) is 0.425. The maximum atomic E-state index is 6.39. The van der Waals surface area contributed by atoms with E-state index in [9.17, 15) is 0 Å². The molecular formula is C9H6Cl6. The van der Waals surface area contributed by atoms with E-state index in [2.05, 4.69) is 0 Å². The van der Waals surface area contributed by atoms with Crippen LogP contribution in [0.3, 0.4) is 0 Å². The summed E-state index contributed by atoms with van der Waals surface area (Å²) in [4.78, 5) is -2.42. The lowest BCUT2D eigenvalue weighted by molar-refractivity contribution is 0.692. The minimum absolute atomic E-state index is 0.217. The van der Waals surface area contributed by atoms with Crippen LogP contribution in [0.25, 0.3) is 0 Å². The third kappa shape index (κ3) is 1.01. The summed E-state index contributed by atoms with van der Waals surface area (Å²) in [6.07, 6.45) is 0. The number of halogens is 6. The molecule has 2 aliphatic rings. The minimum Gasteiger partial charge on any atom is -0.105 e. The monoisotopic (exact) mass is 324 g/mol. The lowest BCUT2D eigenvalue weighted by Gasteiger charge is -2.33. The Bertz CT molecular complexity index is 354. The van der Waals surface area contributed by atoms with Gasteiger partial charge in [0.15, 0.2) is 4.33 Å². The van der Waals surface area contributed by atoms with Gasteiger partial charge in [0.25, 0.3) is 0 Å². The van der Waals surface area contributed by atoms with Crippen molar-refractivity contribution in [1.82, 2.24) is 0 Å². The molecule has 0 aromatic carbocycles. The summed E-state index contributed by atoms with van der Waals surface area (Å²) in [5.41, 5.74) is 1.53. The molecule has 0 saturated carbocycles. The van der Waals surface area contributed by atoms with Crippen molar-refractivity contribution in [2.75, 3.05) is 0 Å². The first-order chi connectivity index (χ1) is 6.63. The number of hydrogen-bond donors (Lipinski definition) is 0. The number of fused-ring (bicyclic) bond motifs is 2. The lowest BCUT2D eigenvalue weighted by atomic mass is 9.98. The molecule has 0 aliphatic heterocycles. The Morgan fingerprint density at radius 3 is 1.20 bits per heavy atom. The van der Waals surface area contributed by atoms with E-state index in [4.69, 9.17) is 69.6 Å². The van der Waals surface area contributed by atoms with Crippen LogP contribution in [0, 0.1) is 0 Å². The van der Waals surface area contributed by atoms with E-state index >= 15 is 0 Å². The Labute approximate surface area is 118 Å². The van der Waals surface area contributed by atoms with Crippen LogP contribution < -0.4 is 0 Å². The Morgan fingerprint density at radius 1 is 0.733 bits per heavy atom. The van der Waals surface area contributed by atoms with E-state index < -0.39 is 14.1 Å². The fraction of sp³-hybridized carbons (Fsp3) is 0.556. The third-order valence-corrected chi connectivity index (χ3v) is 7.53. The fourth-order valence-electron chi connectivity index (χ4n) is 2.13. The number of alkyl halides is 4. The molecule has 0 radical (unpaired) electrons. The van der Waals surface area contributed by atoms with Gasteiger partial charge in [-0.15, -0.1) is 23.2 Å². The summed E-state index contributed by atoms with van der Waals surface area (Å²) < 4.78 is -1.45. The Balaban J connectivity index is 2.84. The molecule has 0 N–H and O–H groups in total. The predicted octanol–water partition coefficient (Wildman–Crippen LogP) is 5.17. The van der Waals surface area contributed by atoms with E-state index in [0.717, 1.165) is 11.1 Å². The summed E-state index contributed by atoms with van der Waals surface area (Å²) in [5, 5.41) is 0.433. The average Bonchev–Trinajstić information content (AvgIpc) is 2.34. The highest BCUT2D eigenvalue weighted by molar-refractivity contribution is 6.67. The zero-order valence-electron chi connectivity index (χ0n) is 7.77. The zero-order chi connectivity index (χ0) is 11.8. The highest BCUT2D eigenvalue weighted by Gasteiger charge is 2.76. The predicted molar refractivity (Wildman–Crippen MR) is 68.7 cm³/mol. The minimum atomic E-state index is -1.45. The van der Waals surface area contributed by atoms with Gasteiger partial charge in [-0.3, -0.25) is 0 Å². The smallest absolute Gasteiger partial charge is 0.105 e. The summed E-state index contributed by atoms with van der Waals surface area (Å²) >= 11 is 37.4. The van der Waals surface area contributed by atoms with E-state index in [1.54, 1.807) is 13.8 Å². The van der Waals surface area contributed by atoms with Gasteiger partial charge < -0.3 is 0 Å². The van der Waals surface area contributed by atoms with Gasteiger partial charge in [-0.25, -0.2) is 0 Å². The molecule has 84 valence electrons. The van der Waals surface area contributed by atoms with Crippen molar-refractivity contribution in [2.45, 2.75) is 27.9 Å². The molecule has 2 bridgehead atoms. The molecule has 0 aromatic rings. The van der Waals surface area contributed by atoms with Crippen molar-refractivity contribution in [3.63, 3.8) is 0 Å². The number of hydrogen-bond acceptors (Lipinski definition) is 0. The second-order valence-corrected chi connectivity index (χ2v) is 6.99. The molecule has 2 aliphatic carbocycles. The zero-order valence-corrected chi connectivity index (χ0v) is 12.3. The maximum absolute atomic E-state index is 6.39. The van der Waals surface area contributed by atoms with E-state index in [1.165, 1.54) is 0 Å². The average molecular weight is 327 g/mol. The number of rotatable bonds is 0. The van der Waals surface area contributed by atoms with Gasteiger partial charge in [-0.05, 0) is 25.0 Å². The highest BCUT2D eigenvalue weighted by Crippen LogP contribution is 2.73. The van der Waals surface area contributed by atoms with Crippen LogP contribution in [0.4, 0.5) is 0 Å². The van der Waals surface area contributed by atoms with Crippen molar-refractivity contribution in [1.29, 1.82) is 0 Å². The standard InChI is InChI=1S/C9H6Cl6/c1-3-4(2)8(13)6(11)5(10)7(3,12)9(8,14)15/h1-2H3. The number of allylic oxidation sites excluding steroid dienone is 4. The lowest BCUT2D eigenvalue weighted by Crippen LogP contribution is -2.45. The molecule has 2 rings (SSSR count). The molecule has 15 heavy (non-hydrogen) atoms. The van der Waals surface area contributed by atoms with Crippen molar-refractivity contribution in [3.8, 4) is 0 Å². The molecule has 0 saturated heterocycles.